The molecule has 0 fully saturated rings. The molecule has 0 aliphatic heterocycles. The molecule has 0 unspecified atom stereocenters. The van der Waals surface area contributed by atoms with Crippen molar-refractivity contribution in [2.75, 3.05) is 0 Å². The summed E-state index contributed by atoms with van der Waals surface area (Å²) in [5.41, 5.74) is 1.49. The van der Waals surface area contributed by atoms with Gasteiger partial charge in [0.25, 0.3) is 0 Å². The van der Waals surface area contributed by atoms with Crippen LogP contribution in [0.5, 0.6) is 0 Å². The van der Waals surface area contributed by atoms with Gasteiger partial charge in [0.05, 0.1) is 0 Å². The molecule has 2 aromatic rings. The molecule has 0 atom stereocenters. The van der Waals surface area contributed by atoms with Crippen LogP contribution in [0, 0.1) is 0 Å². The second-order valence-electron chi connectivity index (χ2n) is 3.61. The van der Waals surface area contributed by atoms with Gasteiger partial charge in [-0.25, -0.2) is 0 Å². The van der Waals surface area contributed by atoms with Gasteiger partial charge in [-0.2, -0.15) is 0 Å². The highest BCUT2D eigenvalue weighted by Crippen LogP contribution is 2.36. The summed E-state index contributed by atoms with van der Waals surface area (Å²) in [6.45, 7) is 0. The Bertz CT molecular complexity index is 564. The predicted molar refractivity (Wildman–Crippen MR) is 74.2 cm³/mol. The van der Waals surface area contributed by atoms with E-state index in [1.807, 2.05) is 35.7 Å². The van der Waals surface area contributed by atoms with Crippen LogP contribution in [0.4, 0.5) is 0 Å². The Morgan fingerprint density at radius 3 is 2.17 bits per heavy atom. The third-order valence-corrected chi connectivity index (χ3v) is 3.91. The van der Waals surface area contributed by atoms with Crippen molar-refractivity contribution in [3.63, 3.8) is 0 Å². The van der Waals surface area contributed by atoms with Gasteiger partial charge < -0.3 is 0 Å². The SMILES string of the molecule is O=C(Cl)C(C(=O)Cl)c1ccsc1-c1ccccc1. The summed E-state index contributed by atoms with van der Waals surface area (Å²) in [4.78, 5) is 23.5. The van der Waals surface area contributed by atoms with E-state index in [9.17, 15) is 9.59 Å². The molecular formula is C13H8Cl2O2S. The van der Waals surface area contributed by atoms with Gasteiger partial charge in [0, 0.05) is 4.88 Å². The number of hydrogen-bond acceptors (Lipinski definition) is 3. The molecule has 5 heteroatoms. The smallest absolute Gasteiger partial charge is 0.237 e. The van der Waals surface area contributed by atoms with Crippen LogP contribution in [-0.4, -0.2) is 10.5 Å². The topological polar surface area (TPSA) is 34.1 Å². The fourth-order valence-corrected chi connectivity index (χ4v) is 3.14. The Morgan fingerprint density at radius 2 is 1.61 bits per heavy atom. The van der Waals surface area contributed by atoms with E-state index in [0.717, 1.165) is 10.4 Å². The lowest BCUT2D eigenvalue weighted by atomic mass is 9.99. The number of rotatable bonds is 4. The fourth-order valence-electron chi connectivity index (χ4n) is 1.70. The van der Waals surface area contributed by atoms with E-state index >= 15 is 0 Å². The minimum Gasteiger partial charge on any atom is -0.280 e. The number of carbonyl (C=O) groups excluding carboxylic acids is 2. The van der Waals surface area contributed by atoms with Crippen molar-refractivity contribution in [3.05, 3.63) is 47.3 Å². The van der Waals surface area contributed by atoms with Gasteiger partial charge in [0.1, 0.15) is 5.92 Å². The molecule has 0 saturated carbocycles. The molecule has 0 amide bonds. The summed E-state index contributed by atoms with van der Waals surface area (Å²) >= 11 is 12.3. The lowest BCUT2D eigenvalue weighted by molar-refractivity contribution is -0.120. The molecule has 92 valence electrons. The van der Waals surface area contributed by atoms with Crippen molar-refractivity contribution < 1.29 is 9.59 Å². The second-order valence-corrected chi connectivity index (χ2v) is 5.27. The molecule has 0 spiro atoms. The van der Waals surface area contributed by atoms with Crippen LogP contribution in [0.15, 0.2) is 41.8 Å². The minimum absolute atomic E-state index is 0.561. The van der Waals surface area contributed by atoms with E-state index < -0.39 is 16.4 Å². The fraction of sp³-hybridized carbons (Fsp3) is 0.0769. The molecule has 1 aromatic heterocycles. The lowest BCUT2D eigenvalue weighted by Crippen LogP contribution is -2.13. The first kappa shape index (κ1) is 13.3. The average molecular weight is 299 g/mol. The van der Waals surface area contributed by atoms with E-state index in [4.69, 9.17) is 23.2 Å². The molecule has 2 nitrogen and oxygen atoms in total. The van der Waals surface area contributed by atoms with Crippen molar-refractivity contribution in [1.82, 2.24) is 0 Å². The van der Waals surface area contributed by atoms with Crippen LogP contribution in [0.3, 0.4) is 0 Å². The van der Waals surface area contributed by atoms with Gasteiger partial charge in [-0.3, -0.25) is 9.59 Å². The Hall–Kier alpha value is -1.16. The highest BCUT2D eigenvalue weighted by Gasteiger charge is 2.28. The van der Waals surface area contributed by atoms with Crippen molar-refractivity contribution in [2.45, 2.75) is 5.92 Å². The van der Waals surface area contributed by atoms with Crippen LogP contribution in [0.1, 0.15) is 11.5 Å². The Labute approximate surface area is 118 Å². The number of hydrogen-bond donors (Lipinski definition) is 0. The molecule has 1 heterocycles. The van der Waals surface area contributed by atoms with Crippen molar-refractivity contribution in [3.8, 4) is 10.4 Å². The molecule has 0 aliphatic rings. The Kier molecular flexibility index (Phi) is 4.17. The van der Waals surface area contributed by atoms with Gasteiger partial charge in [0.15, 0.2) is 0 Å². The first-order valence-corrected chi connectivity index (χ1v) is 6.76. The second kappa shape index (κ2) is 5.65. The molecule has 1 aromatic carbocycles. The summed E-state index contributed by atoms with van der Waals surface area (Å²) in [7, 11) is 0. The van der Waals surface area contributed by atoms with Gasteiger partial charge in [0.2, 0.25) is 10.5 Å². The largest absolute Gasteiger partial charge is 0.280 e. The van der Waals surface area contributed by atoms with Crippen LogP contribution in [0.25, 0.3) is 10.4 Å². The maximum atomic E-state index is 11.3. The summed E-state index contributed by atoms with van der Waals surface area (Å²) in [6.07, 6.45) is 0. The van der Waals surface area contributed by atoms with E-state index in [1.54, 1.807) is 6.07 Å². The standard InChI is InChI=1S/C13H8Cl2O2S/c14-12(16)10(13(15)17)9-6-7-18-11(9)8-4-2-1-3-5-8/h1-7,10H. The minimum atomic E-state index is -1.10. The van der Waals surface area contributed by atoms with Gasteiger partial charge in [-0.05, 0) is 45.8 Å². The van der Waals surface area contributed by atoms with Crippen LogP contribution in [0.2, 0.25) is 0 Å². The lowest BCUT2D eigenvalue weighted by Gasteiger charge is -2.09. The number of benzene rings is 1. The summed E-state index contributed by atoms with van der Waals surface area (Å²) in [6, 6.07) is 11.2. The molecular weight excluding hydrogens is 291 g/mol. The molecule has 0 radical (unpaired) electrons. The zero-order valence-corrected chi connectivity index (χ0v) is 11.4. The first-order valence-electron chi connectivity index (χ1n) is 5.12. The first-order chi connectivity index (χ1) is 8.61. The maximum absolute atomic E-state index is 11.3. The number of carbonyl (C=O) groups is 2. The quantitative estimate of drug-likeness (QED) is 0.631. The monoisotopic (exact) mass is 298 g/mol. The third kappa shape index (κ3) is 2.64. The number of halogens is 2. The predicted octanol–water partition coefficient (Wildman–Crippen LogP) is 4.03. The Morgan fingerprint density at radius 1 is 1.00 bits per heavy atom. The summed E-state index contributed by atoms with van der Waals surface area (Å²) < 4.78 is 0. The molecule has 0 saturated heterocycles. The van der Waals surface area contributed by atoms with Crippen molar-refractivity contribution in [1.29, 1.82) is 0 Å². The number of thiophene rings is 1. The third-order valence-electron chi connectivity index (χ3n) is 2.50. The molecule has 0 aliphatic carbocycles. The zero-order valence-electron chi connectivity index (χ0n) is 9.10. The van der Waals surface area contributed by atoms with Gasteiger partial charge in [-0.15, -0.1) is 11.3 Å². The molecule has 18 heavy (non-hydrogen) atoms. The maximum Gasteiger partial charge on any atom is 0.237 e. The van der Waals surface area contributed by atoms with Crippen LogP contribution in [-0.2, 0) is 9.59 Å². The van der Waals surface area contributed by atoms with E-state index in [-0.39, 0.29) is 0 Å². The van der Waals surface area contributed by atoms with E-state index in [2.05, 4.69) is 0 Å². The van der Waals surface area contributed by atoms with Gasteiger partial charge >= 0.3 is 0 Å². The van der Waals surface area contributed by atoms with Crippen molar-refractivity contribution in [2.24, 2.45) is 0 Å². The Balaban J connectivity index is 2.51. The molecule has 0 bridgehead atoms. The summed E-state index contributed by atoms with van der Waals surface area (Å²) in [5.74, 6) is -1.10. The van der Waals surface area contributed by atoms with Crippen LogP contribution < -0.4 is 0 Å². The van der Waals surface area contributed by atoms with Crippen LogP contribution >= 0.6 is 34.5 Å². The van der Waals surface area contributed by atoms with Gasteiger partial charge in [-0.1, -0.05) is 30.3 Å². The van der Waals surface area contributed by atoms with E-state index in [1.165, 1.54) is 11.3 Å². The average Bonchev–Trinajstić information content (AvgIpc) is 2.78. The zero-order chi connectivity index (χ0) is 13.1. The summed E-state index contributed by atoms with van der Waals surface area (Å²) in [5, 5.41) is 0.292. The molecule has 0 N–H and O–H groups in total. The van der Waals surface area contributed by atoms with E-state index in [0.29, 0.717) is 5.56 Å². The highest BCUT2D eigenvalue weighted by molar-refractivity contribution is 7.13. The highest BCUT2D eigenvalue weighted by atomic mass is 35.5. The van der Waals surface area contributed by atoms with Crippen molar-refractivity contribution >= 4 is 45.0 Å². The molecule has 2 rings (SSSR count). The normalized spacial score (nSPS) is 10.6.